The van der Waals surface area contributed by atoms with Crippen LogP contribution in [0.25, 0.3) is 0 Å². The summed E-state index contributed by atoms with van der Waals surface area (Å²) >= 11 is 0. The summed E-state index contributed by atoms with van der Waals surface area (Å²) in [7, 11) is 0. The average molecular weight is 324 g/mol. The molecule has 5 heteroatoms. The van der Waals surface area contributed by atoms with E-state index < -0.39 is 0 Å². The topological polar surface area (TPSA) is 49.9 Å². The van der Waals surface area contributed by atoms with Crippen molar-refractivity contribution in [2.24, 2.45) is 0 Å². The van der Waals surface area contributed by atoms with Crippen LogP contribution < -0.4 is 9.64 Å². The summed E-state index contributed by atoms with van der Waals surface area (Å²) in [6.07, 6.45) is 0.735. The predicted octanol–water partition coefficient (Wildman–Crippen LogP) is 2.23. The Bertz CT molecular complexity index is 695. The Labute approximate surface area is 141 Å². The molecule has 0 atom stereocenters. The zero-order chi connectivity index (χ0) is 16.8. The quantitative estimate of drug-likeness (QED) is 0.792. The summed E-state index contributed by atoms with van der Waals surface area (Å²) in [5.74, 6) is 0.396. The molecule has 2 aromatic rings. The molecule has 0 unspecified atom stereocenters. The first-order chi connectivity index (χ1) is 11.8. The van der Waals surface area contributed by atoms with Crippen LogP contribution >= 0.6 is 0 Å². The van der Waals surface area contributed by atoms with Crippen LogP contribution in [-0.2, 0) is 4.79 Å². The minimum absolute atomic E-state index is 0.0454. The van der Waals surface area contributed by atoms with E-state index in [1.54, 1.807) is 24.3 Å². The Morgan fingerprint density at radius 2 is 1.62 bits per heavy atom. The molecule has 0 aromatic heterocycles. The molecule has 1 amide bonds. The Balaban J connectivity index is 1.51. The molecule has 1 aliphatic rings. The summed E-state index contributed by atoms with van der Waals surface area (Å²) < 4.78 is 5.52. The van der Waals surface area contributed by atoms with Crippen molar-refractivity contribution in [2.75, 3.05) is 37.7 Å². The van der Waals surface area contributed by atoms with Gasteiger partial charge in [0.2, 0.25) is 0 Å². The second-order valence-electron chi connectivity index (χ2n) is 5.65. The number of aldehydes is 1. The maximum atomic E-state index is 12.3. The molecule has 1 heterocycles. The molecule has 0 spiro atoms. The van der Waals surface area contributed by atoms with Crippen LogP contribution in [0.15, 0.2) is 54.6 Å². The van der Waals surface area contributed by atoms with Crippen molar-refractivity contribution < 1.29 is 14.3 Å². The fraction of sp³-hybridized carbons (Fsp3) is 0.263. The number of rotatable bonds is 5. The number of piperazine rings is 1. The van der Waals surface area contributed by atoms with Crippen LogP contribution in [-0.4, -0.2) is 49.9 Å². The van der Waals surface area contributed by atoms with Crippen LogP contribution in [0.3, 0.4) is 0 Å². The third-order valence-electron chi connectivity index (χ3n) is 4.15. The second kappa shape index (κ2) is 7.64. The molecule has 1 aliphatic heterocycles. The summed E-state index contributed by atoms with van der Waals surface area (Å²) in [6.45, 7) is 2.91. The SMILES string of the molecule is O=Cc1ccccc1OCC(=O)N1CCN(c2ccccc2)CC1. The van der Waals surface area contributed by atoms with Gasteiger partial charge in [-0.05, 0) is 24.3 Å². The lowest BCUT2D eigenvalue weighted by Gasteiger charge is -2.36. The number of carbonyl (C=O) groups is 2. The highest BCUT2D eigenvalue weighted by atomic mass is 16.5. The van der Waals surface area contributed by atoms with Gasteiger partial charge in [-0.15, -0.1) is 0 Å². The van der Waals surface area contributed by atoms with E-state index in [1.807, 2.05) is 23.1 Å². The van der Waals surface area contributed by atoms with Crippen LogP contribution in [0.5, 0.6) is 5.75 Å². The van der Waals surface area contributed by atoms with Gasteiger partial charge in [0.1, 0.15) is 5.75 Å². The number of nitrogens with zero attached hydrogens (tertiary/aromatic N) is 2. The number of hydrogen-bond donors (Lipinski definition) is 0. The largest absolute Gasteiger partial charge is 0.483 e. The minimum Gasteiger partial charge on any atom is -0.483 e. The Kier molecular flexibility index (Phi) is 5.11. The standard InChI is InChI=1S/C19H20N2O3/c22-14-16-6-4-5-9-18(16)24-15-19(23)21-12-10-20(11-13-21)17-7-2-1-3-8-17/h1-9,14H,10-13,15H2. The monoisotopic (exact) mass is 324 g/mol. The van der Waals surface area contributed by atoms with Crippen molar-refractivity contribution in [3.63, 3.8) is 0 Å². The van der Waals surface area contributed by atoms with Crippen LogP contribution in [0, 0.1) is 0 Å². The fourth-order valence-electron chi connectivity index (χ4n) is 2.79. The van der Waals surface area contributed by atoms with Crippen molar-refractivity contribution in [1.29, 1.82) is 0 Å². The maximum Gasteiger partial charge on any atom is 0.260 e. The summed E-state index contributed by atoms with van der Waals surface area (Å²) in [4.78, 5) is 27.4. The van der Waals surface area contributed by atoms with Crippen LogP contribution in [0.4, 0.5) is 5.69 Å². The Hall–Kier alpha value is -2.82. The van der Waals surface area contributed by atoms with E-state index in [0.29, 0.717) is 24.4 Å². The molecule has 0 bridgehead atoms. The zero-order valence-corrected chi connectivity index (χ0v) is 13.4. The van der Waals surface area contributed by atoms with Gasteiger partial charge in [-0.2, -0.15) is 0 Å². The third-order valence-corrected chi connectivity index (χ3v) is 4.15. The average Bonchev–Trinajstić information content (AvgIpc) is 2.67. The molecule has 3 rings (SSSR count). The molecule has 0 radical (unpaired) electrons. The molecule has 1 saturated heterocycles. The highest BCUT2D eigenvalue weighted by molar-refractivity contribution is 5.81. The van der Waals surface area contributed by atoms with E-state index >= 15 is 0 Å². The van der Waals surface area contributed by atoms with Crippen molar-refractivity contribution in [3.8, 4) is 5.75 Å². The lowest BCUT2D eigenvalue weighted by atomic mass is 10.2. The van der Waals surface area contributed by atoms with Gasteiger partial charge >= 0.3 is 0 Å². The number of benzene rings is 2. The van der Waals surface area contributed by atoms with E-state index in [0.717, 1.165) is 19.4 Å². The molecule has 0 aliphatic carbocycles. The van der Waals surface area contributed by atoms with Crippen molar-refractivity contribution in [3.05, 3.63) is 60.2 Å². The second-order valence-corrected chi connectivity index (χ2v) is 5.65. The highest BCUT2D eigenvalue weighted by Gasteiger charge is 2.21. The minimum atomic E-state index is -0.0524. The molecule has 0 N–H and O–H groups in total. The zero-order valence-electron chi connectivity index (χ0n) is 13.4. The molecule has 0 saturated carbocycles. The fourth-order valence-corrected chi connectivity index (χ4v) is 2.79. The molecule has 124 valence electrons. The van der Waals surface area contributed by atoms with E-state index in [9.17, 15) is 9.59 Å². The Morgan fingerprint density at radius 3 is 2.33 bits per heavy atom. The first kappa shape index (κ1) is 16.1. The van der Waals surface area contributed by atoms with Gasteiger partial charge in [0.05, 0.1) is 5.56 Å². The molecule has 24 heavy (non-hydrogen) atoms. The maximum absolute atomic E-state index is 12.3. The van der Waals surface area contributed by atoms with Gasteiger partial charge in [0.15, 0.2) is 12.9 Å². The normalized spacial score (nSPS) is 14.3. The summed E-state index contributed by atoms with van der Waals surface area (Å²) in [6, 6.07) is 17.1. The first-order valence-electron chi connectivity index (χ1n) is 8.03. The van der Waals surface area contributed by atoms with E-state index in [-0.39, 0.29) is 12.5 Å². The molecular weight excluding hydrogens is 304 g/mol. The third kappa shape index (κ3) is 3.74. The molecule has 1 fully saturated rings. The number of amides is 1. The van der Waals surface area contributed by atoms with Crippen molar-refractivity contribution in [2.45, 2.75) is 0 Å². The molecular formula is C19H20N2O3. The van der Waals surface area contributed by atoms with E-state index in [1.165, 1.54) is 5.69 Å². The van der Waals surface area contributed by atoms with Gasteiger partial charge in [-0.3, -0.25) is 9.59 Å². The predicted molar refractivity (Wildman–Crippen MR) is 92.6 cm³/mol. The summed E-state index contributed by atoms with van der Waals surface area (Å²) in [5.41, 5.74) is 1.64. The van der Waals surface area contributed by atoms with Gasteiger partial charge in [-0.25, -0.2) is 0 Å². The van der Waals surface area contributed by atoms with Crippen molar-refractivity contribution in [1.82, 2.24) is 4.90 Å². The lowest BCUT2D eigenvalue weighted by Crippen LogP contribution is -2.50. The Morgan fingerprint density at radius 1 is 0.958 bits per heavy atom. The number of ether oxygens (including phenoxy) is 1. The number of hydrogen-bond acceptors (Lipinski definition) is 4. The van der Waals surface area contributed by atoms with Crippen LogP contribution in [0.1, 0.15) is 10.4 Å². The highest BCUT2D eigenvalue weighted by Crippen LogP contribution is 2.17. The number of para-hydroxylation sites is 2. The van der Waals surface area contributed by atoms with Crippen LogP contribution in [0.2, 0.25) is 0 Å². The molecule has 2 aromatic carbocycles. The molecule has 5 nitrogen and oxygen atoms in total. The number of anilines is 1. The van der Waals surface area contributed by atoms with Gasteiger partial charge in [0.25, 0.3) is 5.91 Å². The van der Waals surface area contributed by atoms with Gasteiger partial charge in [-0.1, -0.05) is 30.3 Å². The van der Waals surface area contributed by atoms with Gasteiger partial charge < -0.3 is 14.5 Å². The van der Waals surface area contributed by atoms with E-state index in [4.69, 9.17) is 4.74 Å². The van der Waals surface area contributed by atoms with E-state index in [2.05, 4.69) is 17.0 Å². The van der Waals surface area contributed by atoms with Gasteiger partial charge in [0, 0.05) is 31.9 Å². The van der Waals surface area contributed by atoms with Crippen molar-refractivity contribution >= 4 is 17.9 Å². The summed E-state index contributed by atoms with van der Waals surface area (Å²) in [5, 5.41) is 0. The smallest absolute Gasteiger partial charge is 0.260 e. The number of carbonyl (C=O) groups excluding carboxylic acids is 2. The lowest BCUT2D eigenvalue weighted by molar-refractivity contribution is -0.133. The first-order valence-corrected chi connectivity index (χ1v) is 8.03.